The van der Waals surface area contributed by atoms with E-state index < -0.39 is 6.04 Å². The van der Waals surface area contributed by atoms with Gasteiger partial charge in [-0.2, -0.15) is 0 Å². The molecule has 2 amide bonds. The number of aryl methyl sites for hydroxylation is 2. The number of nitrogens with one attached hydrogen (secondary N) is 1. The average molecular weight is 451 g/mol. The Morgan fingerprint density at radius 2 is 1.67 bits per heavy atom. The van der Waals surface area contributed by atoms with Gasteiger partial charge in [0, 0.05) is 12.6 Å². The van der Waals surface area contributed by atoms with Gasteiger partial charge in [-0.25, -0.2) is 0 Å². The van der Waals surface area contributed by atoms with Crippen molar-refractivity contribution in [2.45, 2.75) is 84.3 Å². The lowest BCUT2D eigenvalue weighted by molar-refractivity contribution is -0.141. The number of amides is 2. The molecule has 1 saturated carbocycles. The normalized spacial score (nSPS) is 15.0. The van der Waals surface area contributed by atoms with Crippen LogP contribution in [-0.2, 0) is 22.6 Å². The third-order valence-electron chi connectivity index (χ3n) is 6.78. The van der Waals surface area contributed by atoms with Gasteiger partial charge in [-0.3, -0.25) is 9.59 Å². The van der Waals surface area contributed by atoms with Crippen LogP contribution in [0, 0.1) is 13.8 Å². The predicted octanol–water partition coefficient (Wildman–Crippen LogP) is 5.11. The predicted molar refractivity (Wildman–Crippen MR) is 132 cm³/mol. The molecule has 0 spiro atoms. The zero-order valence-electron chi connectivity index (χ0n) is 20.5. The van der Waals surface area contributed by atoms with Gasteiger partial charge in [0.2, 0.25) is 11.8 Å². The van der Waals surface area contributed by atoms with E-state index in [1.807, 2.05) is 37.3 Å². The fraction of sp³-hybridized carbons (Fsp3) is 0.500. The minimum absolute atomic E-state index is 0.0280. The fourth-order valence-corrected chi connectivity index (χ4v) is 4.58. The topological polar surface area (TPSA) is 58.6 Å². The van der Waals surface area contributed by atoms with E-state index in [0.717, 1.165) is 42.6 Å². The van der Waals surface area contributed by atoms with Gasteiger partial charge in [0.15, 0.2) is 0 Å². The second-order valence-corrected chi connectivity index (χ2v) is 9.23. The van der Waals surface area contributed by atoms with Crippen LogP contribution in [0.15, 0.2) is 42.5 Å². The first-order valence-corrected chi connectivity index (χ1v) is 12.2. The molecule has 1 atom stereocenters. The van der Waals surface area contributed by atoms with E-state index in [2.05, 4.69) is 31.3 Å². The number of carbonyl (C=O) groups excluding carboxylic acids is 2. The van der Waals surface area contributed by atoms with Crippen LogP contribution in [0.1, 0.15) is 67.7 Å². The van der Waals surface area contributed by atoms with Crippen LogP contribution in [0.25, 0.3) is 0 Å². The lowest BCUT2D eigenvalue weighted by atomic mass is 9.95. The zero-order valence-corrected chi connectivity index (χ0v) is 20.5. The highest BCUT2D eigenvalue weighted by Gasteiger charge is 2.30. The van der Waals surface area contributed by atoms with Crippen molar-refractivity contribution in [1.82, 2.24) is 10.2 Å². The Morgan fingerprint density at radius 3 is 2.27 bits per heavy atom. The minimum Gasteiger partial charge on any atom is -0.497 e. The Hall–Kier alpha value is -2.82. The molecule has 0 aliphatic heterocycles. The smallest absolute Gasteiger partial charge is 0.243 e. The van der Waals surface area contributed by atoms with Gasteiger partial charge in [0.1, 0.15) is 11.8 Å². The summed E-state index contributed by atoms with van der Waals surface area (Å²) in [4.78, 5) is 28.6. The molecule has 178 valence electrons. The summed E-state index contributed by atoms with van der Waals surface area (Å²) in [6.45, 7) is 6.50. The highest BCUT2D eigenvalue weighted by atomic mass is 16.5. The van der Waals surface area contributed by atoms with E-state index in [4.69, 9.17) is 4.74 Å². The summed E-state index contributed by atoms with van der Waals surface area (Å²) < 4.78 is 5.27. The van der Waals surface area contributed by atoms with Crippen molar-refractivity contribution in [3.05, 3.63) is 64.7 Å². The maximum Gasteiger partial charge on any atom is 0.243 e. The summed E-state index contributed by atoms with van der Waals surface area (Å²) in [6, 6.07) is 13.6. The second-order valence-electron chi connectivity index (χ2n) is 9.23. The van der Waals surface area contributed by atoms with Crippen LogP contribution in [0.5, 0.6) is 5.75 Å². The summed E-state index contributed by atoms with van der Waals surface area (Å²) in [6.07, 6.45) is 6.46. The first-order chi connectivity index (χ1) is 15.9. The molecule has 0 aromatic heterocycles. The van der Waals surface area contributed by atoms with Crippen molar-refractivity contribution in [3.8, 4) is 5.75 Å². The summed E-state index contributed by atoms with van der Waals surface area (Å²) in [5, 5.41) is 3.24. The summed E-state index contributed by atoms with van der Waals surface area (Å²) in [7, 11) is 1.64. The highest BCUT2D eigenvalue weighted by molar-refractivity contribution is 5.88. The van der Waals surface area contributed by atoms with Crippen molar-refractivity contribution < 1.29 is 14.3 Å². The lowest BCUT2D eigenvalue weighted by Gasteiger charge is -2.33. The number of hydrogen-bond acceptors (Lipinski definition) is 3. The van der Waals surface area contributed by atoms with Gasteiger partial charge in [-0.15, -0.1) is 0 Å². The quantitative estimate of drug-likeness (QED) is 0.577. The van der Waals surface area contributed by atoms with E-state index in [9.17, 15) is 9.59 Å². The molecule has 0 heterocycles. The van der Waals surface area contributed by atoms with E-state index >= 15 is 0 Å². The molecule has 33 heavy (non-hydrogen) atoms. The summed E-state index contributed by atoms with van der Waals surface area (Å²) in [5.74, 6) is 0.708. The Balaban J connectivity index is 1.81. The van der Waals surface area contributed by atoms with Crippen molar-refractivity contribution in [3.63, 3.8) is 0 Å². The minimum atomic E-state index is -0.493. The number of hydrogen-bond donors (Lipinski definition) is 1. The van der Waals surface area contributed by atoms with Crippen molar-refractivity contribution in [2.24, 2.45) is 0 Å². The third-order valence-corrected chi connectivity index (χ3v) is 6.78. The average Bonchev–Trinajstić information content (AvgIpc) is 2.82. The molecular formula is C28H38N2O3. The largest absolute Gasteiger partial charge is 0.497 e. The van der Waals surface area contributed by atoms with Crippen molar-refractivity contribution in [1.29, 1.82) is 0 Å². The second kappa shape index (κ2) is 11.9. The SMILES string of the molecule is CC[C@@H](C(=O)NC1CCCCC1)N(Cc1ccc(OC)cc1)C(=O)Cc1ccc(C)c(C)c1. The van der Waals surface area contributed by atoms with Crippen LogP contribution in [0.4, 0.5) is 0 Å². The molecule has 0 radical (unpaired) electrons. The molecule has 2 aromatic rings. The first-order valence-electron chi connectivity index (χ1n) is 12.2. The van der Waals surface area contributed by atoms with E-state index in [-0.39, 0.29) is 24.3 Å². The standard InChI is InChI=1S/C28H38N2O3/c1-5-26(28(32)29-24-9-7-6-8-10-24)30(19-22-13-15-25(33-4)16-14-22)27(31)18-23-12-11-20(2)21(3)17-23/h11-17,24,26H,5-10,18-19H2,1-4H3,(H,29,32)/t26-/m0/s1. The van der Waals surface area contributed by atoms with E-state index in [1.54, 1.807) is 12.0 Å². The molecule has 5 nitrogen and oxygen atoms in total. The molecule has 0 unspecified atom stereocenters. The molecule has 2 aromatic carbocycles. The molecule has 1 aliphatic rings. The first kappa shape index (κ1) is 24.8. The molecular weight excluding hydrogens is 412 g/mol. The molecule has 1 aliphatic carbocycles. The number of rotatable bonds is 9. The zero-order chi connectivity index (χ0) is 23.8. The van der Waals surface area contributed by atoms with Gasteiger partial charge in [0.05, 0.1) is 13.5 Å². The Kier molecular flexibility index (Phi) is 8.93. The van der Waals surface area contributed by atoms with Crippen molar-refractivity contribution >= 4 is 11.8 Å². The molecule has 5 heteroatoms. The number of benzene rings is 2. The molecule has 1 N–H and O–H groups in total. The molecule has 0 bridgehead atoms. The highest BCUT2D eigenvalue weighted by Crippen LogP contribution is 2.21. The Labute approximate surface area is 198 Å². The monoisotopic (exact) mass is 450 g/mol. The molecule has 3 rings (SSSR count). The number of carbonyl (C=O) groups is 2. The van der Waals surface area contributed by atoms with Gasteiger partial charge < -0.3 is 15.0 Å². The number of ether oxygens (including phenoxy) is 1. The molecule has 0 saturated heterocycles. The van der Waals surface area contributed by atoms with Crippen LogP contribution in [0.2, 0.25) is 0 Å². The van der Waals surface area contributed by atoms with Gasteiger partial charge in [0.25, 0.3) is 0 Å². The maximum absolute atomic E-state index is 13.6. The third kappa shape index (κ3) is 6.83. The van der Waals surface area contributed by atoms with E-state index in [1.165, 1.54) is 17.5 Å². The number of nitrogens with zero attached hydrogens (tertiary/aromatic N) is 1. The van der Waals surface area contributed by atoms with Crippen LogP contribution in [-0.4, -0.2) is 35.9 Å². The molecule has 1 fully saturated rings. The van der Waals surface area contributed by atoms with Crippen LogP contribution >= 0.6 is 0 Å². The van der Waals surface area contributed by atoms with Crippen molar-refractivity contribution in [2.75, 3.05) is 7.11 Å². The lowest BCUT2D eigenvalue weighted by Crippen LogP contribution is -2.51. The van der Waals surface area contributed by atoms with E-state index in [0.29, 0.717) is 13.0 Å². The van der Waals surface area contributed by atoms with Gasteiger partial charge in [-0.1, -0.05) is 56.5 Å². The van der Waals surface area contributed by atoms with Crippen LogP contribution < -0.4 is 10.1 Å². The van der Waals surface area contributed by atoms with Gasteiger partial charge in [-0.05, 0) is 67.5 Å². The van der Waals surface area contributed by atoms with Gasteiger partial charge >= 0.3 is 0 Å². The maximum atomic E-state index is 13.6. The van der Waals surface area contributed by atoms with Crippen LogP contribution in [0.3, 0.4) is 0 Å². The summed E-state index contributed by atoms with van der Waals surface area (Å²) >= 11 is 0. The Bertz CT molecular complexity index is 933. The Morgan fingerprint density at radius 1 is 1.00 bits per heavy atom. The number of methoxy groups -OCH3 is 1. The summed E-state index contributed by atoms with van der Waals surface area (Å²) in [5.41, 5.74) is 4.34. The fourth-order valence-electron chi connectivity index (χ4n) is 4.58.